The number of carbonyl (C=O) groups is 2. The van der Waals surface area contributed by atoms with Crippen LogP contribution in [-0.4, -0.2) is 38.0 Å². The quantitative estimate of drug-likeness (QED) is 0.690. The summed E-state index contributed by atoms with van der Waals surface area (Å²) >= 11 is 1.58. The van der Waals surface area contributed by atoms with E-state index in [1.807, 2.05) is 13.8 Å². The fourth-order valence-corrected chi connectivity index (χ4v) is 3.60. The smallest absolute Gasteiger partial charge is 0.327 e. The van der Waals surface area contributed by atoms with Crippen molar-refractivity contribution in [2.45, 2.75) is 36.4 Å². The summed E-state index contributed by atoms with van der Waals surface area (Å²) in [6.07, 6.45) is 0.498. The van der Waals surface area contributed by atoms with Gasteiger partial charge in [0, 0.05) is 4.75 Å². The lowest BCUT2D eigenvalue weighted by molar-refractivity contribution is -0.157. The molecule has 0 spiro atoms. The number of hydrogen-bond acceptors (Lipinski definition) is 3. The summed E-state index contributed by atoms with van der Waals surface area (Å²) in [7, 11) is 0. The van der Waals surface area contributed by atoms with Crippen LogP contribution in [0, 0.1) is 0 Å². The highest BCUT2D eigenvalue weighted by Crippen LogP contribution is 2.50. The molecule has 0 aromatic heterocycles. The van der Waals surface area contributed by atoms with Gasteiger partial charge >= 0.3 is 5.97 Å². The predicted molar refractivity (Wildman–Crippen MR) is 55.6 cm³/mol. The number of halogens is 1. The van der Waals surface area contributed by atoms with Crippen LogP contribution < -0.4 is 0 Å². The molecule has 80 valence electrons. The second-order valence-corrected chi connectivity index (χ2v) is 5.75. The van der Waals surface area contributed by atoms with Crippen LogP contribution in [0.5, 0.6) is 0 Å². The lowest BCUT2D eigenvalue weighted by atomic mass is 9.98. The molecule has 4 nitrogen and oxygen atoms in total. The maximum atomic E-state index is 11.2. The SMILES string of the molecule is CC1(C)SC2CC(=O)N2C1C(=O)O.Cl. The van der Waals surface area contributed by atoms with Crippen molar-refractivity contribution in [3.8, 4) is 0 Å². The van der Waals surface area contributed by atoms with Gasteiger partial charge in [0.15, 0.2) is 0 Å². The monoisotopic (exact) mass is 237 g/mol. The van der Waals surface area contributed by atoms with Crippen molar-refractivity contribution < 1.29 is 14.7 Å². The Morgan fingerprint density at radius 3 is 2.57 bits per heavy atom. The normalized spacial score (nSPS) is 33.0. The Kier molecular flexibility index (Phi) is 2.75. The zero-order valence-corrected chi connectivity index (χ0v) is 9.52. The highest BCUT2D eigenvalue weighted by atomic mass is 35.5. The van der Waals surface area contributed by atoms with E-state index in [9.17, 15) is 9.59 Å². The molecule has 6 heteroatoms. The van der Waals surface area contributed by atoms with Crippen LogP contribution in [0.25, 0.3) is 0 Å². The molecule has 1 N–H and O–H groups in total. The summed E-state index contributed by atoms with van der Waals surface area (Å²) in [6.45, 7) is 3.75. The summed E-state index contributed by atoms with van der Waals surface area (Å²) in [5.74, 6) is -0.927. The van der Waals surface area contributed by atoms with Gasteiger partial charge in [0.25, 0.3) is 0 Å². The van der Waals surface area contributed by atoms with Crippen LogP contribution in [0.2, 0.25) is 0 Å². The number of β-lactam (4-membered cyclic amide) rings is 1. The van der Waals surface area contributed by atoms with E-state index >= 15 is 0 Å². The Labute approximate surface area is 92.4 Å². The number of rotatable bonds is 1. The summed E-state index contributed by atoms with van der Waals surface area (Å²) in [4.78, 5) is 23.6. The Morgan fingerprint density at radius 2 is 2.21 bits per heavy atom. The van der Waals surface area contributed by atoms with Gasteiger partial charge in [-0.15, -0.1) is 24.2 Å². The van der Waals surface area contributed by atoms with E-state index < -0.39 is 12.0 Å². The van der Waals surface area contributed by atoms with Gasteiger partial charge in [-0.2, -0.15) is 0 Å². The minimum absolute atomic E-state index is 0. The van der Waals surface area contributed by atoms with Crippen molar-refractivity contribution in [1.29, 1.82) is 0 Å². The van der Waals surface area contributed by atoms with Gasteiger partial charge in [-0.05, 0) is 13.8 Å². The van der Waals surface area contributed by atoms with Gasteiger partial charge in [-0.3, -0.25) is 4.79 Å². The van der Waals surface area contributed by atoms with Gasteiger partial charge < -0.3 is 10.0 Å². The molecule has 0 bridgehead atoms. The van der Waals surface area contributed by atoms with Crippen LogP contribution in [0.4, 0.5) is 0 Å². The maximum Gasteiger partial charge on any atom is 0.327 e. The van der Waals surface area contributed by atoms with E-state index in [4.69, 9.17) is 5.11 Å². The van der Waals surface area contributed by atoms with Gasteiger partial charge in [0.05, 0.1) is 11.8 Å². The maximum absolute atomic E-state index is 11.2. The van der Waals surface area contributed by atoms with Gasteiger partial charge in [-0.25, -0.2) is 4.79 Å². The number of nitrogens with zero attached hydrogens (tertiary/aromatic N) is 1. The third kappa shape index (κ3) is 1.39. The molecule has 0 radical (unpaired) electrons. The molecule has 0 aliphatic carbocycles. The van der Waals surface area contributed by atoms with E-state index in [2.05, 4.69) is 0 Å². The summed E-state index contributed by atoms with van der Waals surface area (Å²) in [5.41, 5.74) is 0. The highest BCUT2D eigenvalue weighted by molar-refractivity contribution is 8.01. The van der Waals surface area contributed by atoms with Crippen molar-refractivity contribution in [3.05, 3.63) is 0 Å². The molecule has 2 atom stereocenters. The fraction of sp³-hybridized carbons (Fsp3) is 0.750. The molecule has 14 heavy (non-hydrogen) atoms. The molecule has 2 aliphatic heterocycles. The minimum atomic E-state index is -0.895. The Morgan fingerprint density at radius 1 is 1.64 bits per heavy atom. The lowest BCUT2D eigenvalue weighted by Crippen LogP contribution is -2.56. The number of fused-ring (bicyclic) bond motifs is 1. The highest BCUT2D eigenvalue weighted by Gasteiger charge is 2.58. The largest absolute Gasteiger partial charge is 0.480 e. The molecule has 2 fully saturated rings. The molecule has 0 aromatic rings. The van der Waals surface area contributed by atoms with Crippen LogP contribution >= 0.6 is 24.2 Å². The van der Waals surface area contributed by atoms with Crippen LogP contribution in [0.3, 0.4) is 0 Å². The minimum Gasteiger partial charge on any atom is -0.480 e. The molecular formula is C8H12ClNO3S. The molecule has 1 amide bonds. The molecule has 0 aromatic carbocycles. The number of aliphatic carboxylic acids is 1. The Balaban J connectivity index is 0.000000980. The van der Waals surface area contributed by atoms with E-state index in [1.54, 1.807) is 11.8 Å². The number of carboxylic acids is 1. The van der Waals surface area contributed by atoms with E-state index in [1.165, 1.54) is 4.90 Å². The number of thioether (sulfide) groups is 1. The number of carboxylic acid groups (broad SMARTS) is 1. The molecule has 0 saturated carbocycles. The second kappa shape index (κ2) is 3.31. The van der Waals surface area contributed by atoms with E-state index in [0.29, 0.717) is 6.42 Å². The second-order valence-electron chi connectivity index (χ2n) is 3.92. The van der Waals surface area contributed by atoms with Crippen LogP contribution in [0.1, 0.15) is 20.3 Å². The third-order valence-electron chi connectivity index (χ3n) is 2.56. The van der Waals surface area contributed by atoms with Crippen molar-refractivity contribution in [2.24, 2.45) is 0 Å². The lowest BCUT2D eigenvalue weighted by Gasteiger charge is -2.36. The van der Waals surface area contributed by atoms with Crippen molar-refractivity contribution in [3.63, 3.8) is 0 Å². The van der Waals surface area contributed by atoms with Crippen LogP contribution in [-0.2, 0) is 9.59 Å². The molecule has 2 aliphatic rings. The molecule has 2 saturated heterocycles. The molecule has 2 rings (SSSR count). The summed E-state index contributed by atoms with van der Waals surface area (Å²) < 4.78 is -0.358. The third-order valence-corrected chi connectivity index (χ3v) is 4.05. The van der Waals surface area contributed by atoms with E-state index in [-0.39, 0.29) is 28.4 Å². The first-order chi connectivity index (χ1) is 5.93. The van der Waals surface area contributed by atoms with E-state index in [0.717, 1.165) is 0 Å². The van der Waals surface area contributed by atoms with Crippen molar-refractivity contribution in [2.75, 3.05) is 0 Å². The van der Waals surface area contributed by atoms with Crippen LogP contribution in [0.15, 0.2) is 0 Å². The van der Waals surface area contributed by atoms with Gasteiger partial charge in [-0.1, -0.05) is 0 Å². The topological polar surface area (TPSA) is 57.6 Å². The predicted octanol–water partition coefficient (Wildman–Crippen LogP) is 0.945. The van der Waals surface area contributed by atoms with Crippen molar-refractivity contribution >= 4 is 36.0 Å². The molecule has 2 heterocycles. The number of hydrogen-bond donors (Lipinski definition) is 1. The summed E-state index contributed by atoms with van der Waals surface area (Å²) in [6, 6.07) is -0.649. The zero-order chi connectivity index (χ0) is 9.80. The number of carbonyl (C=O) groups excluding carboxylic acids is 1. The fourth-order valence-electron chi connectivity index (χ4n) is 1.98. The molecular weight excluding hydrogens is 226 g/mol. The zero-order valence-electron chi connectivity index (χ0n) is 7.89. The average molecular weight is 238 g/mol. The average Bonchev–Trinajstić information content (AvgIpc) is 2.18. The first-order valence-corrected chi connectivity index (χ1v) is 5.03. The first kappa shape index (κ1) is 11.7. The van der Waals surface area contributed by atoms with Gasteiger partial charge in [0.2, 0.25) is 5.91 Å². The molecule has 2 unspecified atom stereocenters. The van der Waals surface area contributed by atoms with Gasteiger partial charge in [0.1, 0.15) is 6.04 Å². The summed E-state index contributed by atoms with van der Waals surface area (Å²) in [5, 5.41) is 9.08. The standard InChI is InChI=1S/C8H11NO3S.ClH/c1-8(2)6(7(11)12)9-4(10)3-5(9)13-8;/h5-6H,3H2,1-2H3,(H,11,12);1H. The number of amides is 1. The Hall–Kier alpha value is -0.420. The van der Waals surface area contributed by atoms with Crippen molar-refractivity contribution in [1.82, 2.24) is 4.90 Å². The first-order valence-electron chi connectivity index (χ1n) is 4.15. The Bertz CT molecular complexity index is 294.